The minimum absolute atomic E-state index is 0.257. The molecule has 1 N–H and O–H groups in total. The second-order valence-corrected chi connectivity index (χ2v) is 2.97. The van der Waals surface area contributed by atoms with E-state index < -0.39 is 0 Å². The van der Waals surface area contributed by atoms with Gasteiger partial charge in [0, 0.05) is 6.61 Å². The van der Waals surface area contributed by atoms with Crippen molar-refractivity contribution in [2.75, 3.05) is 6.61 Å². The SMILES string of the molecule is CC(C)C(=S)CCCO. The molecule has 0 spiro atoms. The second-order valence-electron chi connectivity index (χ2n) is 2.45. The normalized spacial score (nSPS) is 10.2. The van der Waals surface area contributed by atoms with Crippen LogP contribution < -0.4 is 0 Å². The van der Waals surface area contributed by atoms with Crippen LogP contribution in [0.15, 0.2) is 0 Å². The molecular weight excluding hydrogens is 132 g/mol. The third-order valence-corrected chi connectivity index (χ3v) is 1.90. The van der Waals surface area contributed by atoms with Crippen LogP contribution >= 0.6 is 12.2 Å². The zero-order valence-electron chi connectivity index (χ0n) is 6.05. The van der Waals surface area contributed by atoms with E-state index in [9.17, 15) is 0 Å². The van der Waals surface area contributed by atoms with Crippen LogP contribution in [0.3, 0.4) is 0 Å². The van der Waals surface area contributed by atoms with Gasteiger partial charge in [0.15, 0.2) is 0 Å². The van der Waals surface area contributed by atoms with Gasteiger partial charge in [0.25, 0.3) is 0 Å². The molecule has 0 atom stereocenters. The second kappa shape index (κ2) is 4.89. The highest BCUT2D eigenvalue weighted by Gasteiger charge is 1.99. The van der Waals surface area contributed by atoms with Crippen molar-refractivity contribution in [2.24, 2.45) is 5.92 Å². The molecule has 0 aromatic heterocycles. The van der Waals surface area contributed by atoms with E-state index in [0.29, 0.717) is 5.92 Å². The van der Waals surface area contributed by atoms with E-state index in [1.165, 1.54) is 0 Å². The first-order chi connectivity index (χ1) is 4.18. The van der Waals surface area contributed by atoms with Gasteiger partial charge in [0.05, 0.1) is 0 Å². The fourth-order valence-electron chi connectivity index (χ4n) is 0.542. The molecule has 0 heterocycles. The fraction of sp³-hybridized carbons (Fsp3) is 0.857. The van der Waals surface area contributed by atoms with Crippen LogP contribution in [0.4, 0.5) is 0 Å². The average Bonchev–Trinajstić information content (AvgIpc) is 1.82. The van der Waals surface area contributed by atoms with Crippen LogP contribution in [0.5, 0.6) is 0 Å². The van der Waals surface area contributed by atoms with E-state index in [0.717, 1.165) is 17.7 Å². The first-order valence-corrected chi connectivity index (χ1v) is 3.73. The van der Waals surface area contributed by atoms with E-state index in [2.05, 4.69) is 13.8 Å². The summed E-state index contributed by atoms with van der Waals surface area (Å²) in [4.78, 5) is 1.07. The molecule has 0 saturated carbocycles. The van der Waals surface area contributed by atoms with Gasteiger partial charge in [-0.3, -0.25) is 0 Å². The molecule has 2 heteroatoms. The number of aliphatic hydroxyl groups excluding tert-OH is 1. The topological polar surface area (TPSA) is 20.2 Å². The van der Waals surface area contributed by atoms with Crippen LogP contribution in [-0.2, 0) is 0 Å². The van der Waals surface area contributed by atoms with Crippen molar-refractivity contribution in [3.63, 3.8) is 0 Å². The van der Waals surface area contributed by atoms with Crippen LogP contribution in [0.1, 0.15) is 26.7 Å². The molecule has 0 rings (SSSR count). The zero-order chi connectivity index (χ0) is 7.28. The summed E-state index contributed by atoms with van der Waals surface area (Å²) < 4.78 is 0. The molecule has 0 aromatic carbocycles. The van der Waals surface area contributed by atoms with Gasteiger partial charge in [0.2, 0.25) is 0 Å². The molecule has 0 fully saturated rings. The van der Waals surface area contributed by atoms with Crippen molar-refractivity contribution < 1.29 is 5.11 Å². The Hall–Kier alpha value is 0.0500. The lowest BCUT2D eigenvalue weighted by molar-refractivity contribution is 0.291. The van der Waals surface area contributed by atoms with Gasteiger partial charge in [-0.1, -0.05) is 26.1 Å². The number of rotatable bonds is 4. The Morgan fingerprint density at radius 2 is 2.11 bits per heavy atom. The lowest BCUT2D eigenvalue weighted by atomic mass is 10.1. The fourth-order valence-corrected chi connectivity index (χ4v) is 0.686. The first kappa shape index (κ1) is 9.05. The van der Waals surface area contributed by atoms with Gasteiger partial charge in [-0.25, -0.2) is 0 Å². The minimum atomic E-state index is 0.257. The molecule has 54 valence electrons. The smallest absolute Gasteiger partial charge is 0.0434 e. The molecule has 9 heavy (non-hydrogen) atoms. The number of thiocarbonyl (C=S) groups is 1. The van der Waals surface area contributed by atoms with Crippen LogP contribution in [-0.4, -0.2) is 16.6 Å². The maximum absolute atomic E-state index is 8.44. The van der Waals surface area contributed by atoms with Crippen molar-refractivity contribution in [1.29, 1.82) is 0 Å². The highest BCUT2D eigenvalue weighted by Crippen LogP contribution is 2.03. The summed E-state index contributed by atoms with van der Waals surface area (Å²) in [6, 6.07) is 0. The zero-order valence-corrected chi connectivity index (χ0v) is 6.87. The Balaban J connectivity index is 3.28. The van der Waals surface area contributed by atoms with E-state index in [1.54, 1.807) is 0 Å². The molecule has 0 bridgehead atoms. The molecule has 0 radical (unpaired) electrons. The molecule has 0 aromatic rings. The maximum Gasteiger partial charge on any atom is 0.0434 e. The van der Waals surface area contributed by atoms with Gasteiger partial charge < -0.3 is 5.11 Å². The van der Waals surface area contributed by atoms with Gasteiger partial charge in [-0.2, -0.15) is 0 Å². The Kier molecular flexibility index (Phi) is 4.91. The minimum Gasteiger partial charge on any atom is -0.396 e. The molecule has 0 saturated heterocycles. The highest BCUT2D eigenvalue weighted by atomic mass is 32.1. The molecule has 1 nitrogen and oxygen atoms in total. The predicted octanol–water partition coefficient (Wildman–Crippen LogP) is 1.78. The number of aliphatic hydroxyl groups is 1. The summed E-state index contributed by atoms with van der Waals surface area (Å²) >= 11 is 5.03. The summed E-state index contributed by atoms with van der Waals surface area (Å²) in [6.45, 7) is 4.42. The Morgan fingerprint density at radius 1 is 1.56 bits per heavy atom. The summed E-state index contributed by atoms with van der Waals surface area (Å²) in [7, 11) is 0. The molecule has 0 aliphatic carbocycles. The third-order valence-electron chi connectivity index (χ3n) is 1.23. The quantitative estimate of drug-likeness (QED) is 0.610. The average molecular weight is 146 g/mol. The lowest BCUT2D eigenvalue weighted by Crippen LogP contribution is -2.04. The number of hydrogen-bond acceptors (Lipinski definition) is 2. The van der Waals surface area contributed by atoms with E-state index >= 15 is 0 Å². The first-order valence-electron chi connectivity index (χ1n) is 3.32. The summed E-state index contributed by atoms with van der Waals surface area (Å²) in [5.74, 6) is 0.492. The summed E-state index contributed by atoms with van der Waals surface area (Å²) in [6.07, 6.45) is 1.71. The Morgan fingerprint density at radius 3 is 2.44 bits per heavy atom. The molecule has 0 aliphatic heterocycles. The largest absolute Gasteiger partial charge is 0.396 e. The van der Waals surface area contributed by atoms with Crippen LogP contribution in [0.2, 0.25) is 0 Å². The summed E-state index contributed by atoms with van der Waals surface area (Å²) in [5.41, 5.74) is 0. The van der Waals surface area contributed by atoms with E-state index in [-0.39, 0.29) is 6.61 Å². The molecule has 0 aliphatic rings. The monoisotopic (exact) mass is 146 g/mol. The van der Waals surface area contributed by atoms with Gasteiger partial charge in [-0.05, 0) is 23.6 Å². The molecular formula is C7H14OS. The third kappa shape index (κ3) is 4.55. The van der Waals surface area contributed by atoms with Crippen molar-refractivity contribution in [1.82, 2.24) is 0 Å². The van der Waals surface area contributed by atoms with Crippen molar-refractivity contribution in [3.8, 4) is 0 Å². The van der Waals surface area contributed by atoms with E-state index in [4.69, 9.17) is 17.3 Å². The van der Waals surface area contributed by atoms with Crippen LogP contribution in [0, 0.1) is 5.92 Å². The highest BCUT2D eigenvalue weighted by molar-refractivity contribution is 7.80. The lowest BCUT2D eigenvalue weighted by Gasteiger charge is -2.04. The van der Waals surface area contributed by atoms with Crippen molar-refractivity contribution in [2.45, 2.75) is 26.7 Å². The Labute approximate surface area is 62.1 Å². The molecule has 0 amide bonds. The van der Waals surface area contributed by atoms with Crippen molar-refractivity contribution in [3.05, 3.63) is 0 Å². The number of hydrogen-bond donors (Lipinski definition) is 1. The molecule has 0 unspecified atom stereocenters. The van der Waals surface area contributed by atoms with Crippen molar-refractivity contribution >= 4 is 17.1 Å². The Bertz CT molecular complexity index is 88.9. The van der Waals surface area contributed by atoms with Gasteiger partial charge in [-0.15, -0.1) is 0 Å². The van der Waals surface area contributed by atoms with Gasteiger partial charge >= 0.3 is 0 Å². The summed E-state index contributed by atoms with van der Waals surface area (Å²) in [5, 5.41) is 8.44. The predicted molar refractivity (Wildman–Crippen MR) is 43.8 cm³/mol. The van der Waals surface area contributed by atoms with Crippen LogP contribution in [0.25, 0.3) is 0 Å². The van der Waals surface area contributed by atoms with E-state index in [1.807, 2.05) is 0 Å². The maximum atomic E-state index is 8.44. The van der Waals surface area contributed by atoms with Gasteiger partial charge in [0.1, 0.15) is 0 Å². The standard InChI is InChI=1S/C7H14OS/c1-6(2)7(9)4-3-5-8/h6,8H,3-5H2,1-2H3.